The second kappa shape index (κ2) is 1.88. The highest BCUT2D eigenvalue weighted by atomic mass is 127. The lowest BCUT2D eigenvalue weighted by molar-refractivity contribution is -0.446. The van der Waals surface area contributed by atoms with E-state index in [1.54, 1.807) is 6.92 Å². The Morgan fingerprint density at radius 3 is 2.62 bits per heavy atom. The van der Waals surface area contributed by atoms with E-state index in [0.29, 0.717) is 5.82 Å². The van der Waals surface area contributed by atoms with Gasteiger partial charge in [-0.05, 0) is 2.78 Å². The van der Waals surface area contributed by atoms with Crippen LogP contribution in [0.2, 0.25) is 0 Å². The van der Waals surface area contributed by atoms with E-state index in [1.165, 1.54) is 25.6 Å². The third kappa shape index (κ3) is 0.770. The molecule has 0 spiro atoms. The molecule has 0 saturated heterocycles. The first kappa shape index (κ1) is 5.80. The zero-order chi connectivity index (χ0) is 6.15. The van der Waals surface area contributed by atoms with Crippen molar-refractivity contribution in [3.05, 3.63) is 16.4 Å². The molecular weight excluding hydrogens is 223 g/mol. The summed E-state index contributed by atoms with van der Waals surface area (Å²) < 4.78 is 5.60. The standard InChI is InChI=1S/C3H4IN2O2/c1-2-5-8-3(7)6(2)4/h4H,1H3/q+1. The van der Waals surface area contributed by atoms with E-state index in [4.69, 9.17) is 0 Å². The lowest BCUT2D eigenvalue weighted by atomic mass is 10.8. The van der Waals surface area contributed by atoms with Crippen LogP contribution in [-0.2, 0) is 0 Å². The Balaban J connectivity index is 3.41. The summed E-state index contributed by atoms with van der Waals surface area (Å²) in [6, 6.07) is 0. The Kier molecular flexibility index (Phi) is 1.37. The third-order valence-corrected chi connectivity index (χ3v) is 1.90. The molecule has 0 bridgehead atoms. The van der Waals surface area contributed by atoms with Crippen LogP contribution in [0.5, 0.6) is 0 Å². The molecule has 0 saturated carbocycles. The summed E-state index contributed by atoms with van der Waals surface area (Å²) in [7, 11) is 0. The van der Waals surface area contributed by atoms with Crippen LogP contribution < -0.4 is 28.6 Å². The number of halogens is 1. The molecule has 0 aromatic carbocycles. The first-order chi connectivity index (χ1) is 3.72. The topological polar surface area (TPSA) is 48.0 Å². The van der Waals surface area contributed by atoms with Gasteiger partial charge in [0.1, 0.15) is 0 Å². The summed E-state index contributed by atoms with van der Waals surface area (Å²) in [5, 5.41) is 3.39. The Bertz CT molecular complexity index is 238. The van der Waals surface area contributed by atoms with Gasteiger partial charge in [-0.3, -0.25) is 4.52 Å². The van der Waals surface area contributed by atoms with Crippen molar-refractivity contribution in [2.75, 3.05) is 0 Å². The summed E-state index contributed by atoms with van der Waals surface area (Å²) in [5.74, 6) is 0.187. The average molecular weight is 227 g/mol. The second-order valence-corrected chi connectivity index (χ2v) is 2.33. The highest BCUT2D eigenvalue weighted by molar-refractivity contribution is 4.71. The highest BCUT2D eigenvalue weighted by Crippen LogP contribution is 1.75. The highest BCUT2D eigenvalue weighted by Gasteiger charge is 2.06. The Labute approximate surface area is 59.0 Å². The van der Waals surface area contributed by atoms with Gasteiger partial charge >= 0.3 is 28.6 Å². The lowest BCUT2D eigenvalue weighted by Crippen LogP contribution is -3.39. The van der Waals surface area contributed by atoms with Crippen molar-refractivity contribution < 1.29 is 27.4 Å². The largest absolute Gasteiger partial charge is 0.482 e. The van der Waals surface area contributed by atoms with Crippen molar-refractivity contribution in [1.29, 1.82) is 0 Å². The molecule has 1 rings (SSSR count). The Morgan fingerprint density at radius 2 is 2.50 bits per heavy atom. The molecule has 0 atom stereocenters. The number of nitrogens with zero attached hydrogens (tertiary/aromatic N) is 2. The summed E-state index contributed by atoms with van der Waals surface area (Å²) in [6.07, 6.45) is 0. The number of hydrogen-bond donors (Lipinski definition) is 0. The van der Waals surface area contributed by atoms with Gasteiger partial charge in [0.05, 0.1) is 0 Å². The van der Waals surface area contributed by atoms with Gasteiger partial charge < -0.3 is 0 Å². The molecule has 0 N–H and O–H groups in total. The molecule has 1 aromatic rings. The number of aryl methyl sites for hydroxylation is 1. The van der Waals surface area contributed by atoms with Crippen molar-refractivity contribution >= 4 is 0 Å². The Morgan fingerprint density at radius 1 is 1.88 bits per heavy atom. The zero-order valence-electron chi connectivity index (χ0n) is 4.12. The van der Waals surface area contributed by atoms with Crippen LogP contribution in [0.25, 0.3) is 0 Å². The van der Waals surface area contributed by atoms with Crippen molar-refractivity contribution in [2.45, 2.75) is 6.92 Å². The maximum Gasteiger partial charge on any atom is 0.482 e. The lowest BCUT2D eigenvalue weighted by Gasteiger charge is -1.67. The molecule has 4 nitrogen and oxygen atoms in total. The smallest absolute Gasteiger partial charge is 0.293 e. The van der Waals surface area contributed by atoms with Gasteiger partial charge in [0, 0.05) is 6.92 Å². The molecule has 5 heteroatoms. The first-order valence-electron chi connectivity index (χ1n) is 1.94. The first-order valence-corrected chi connectivity index (χ1v) is 2.99. The predicted molar refractivity (Wildman–Crippen MR) is 22.3 cm³/mol. The number of rotatable bonds is 0. The molecular formula is C3H4IN2O2+. The van der Waals surface area contributed by atoms with E-state index in [9.17, 15) is 4.79 Å². The summed E-state index contributed by atoms with van der Waals surface area (Å²) in [4.78, 5) is 10.4. The SMILES string of the molecule is Cc1noc(=O)n1[IH+]. The van der Waals surface area contributed by atoms with E-state index in [2.05, 4.69) is 9.68 Å². The van der Waals surface area contributed by atoms with Crippen molar-refractivity contribution in [2.24, 2.45) is 0 Å². The van der Waals surface area contributed by atoms with E-state index in [-0.39, 0.29) is 0 Å². The van der Waals surface area contributed by atoms with Crippen LogP contribution in [-0.4, -0.2) is 7.94 Å². The minimum Gasteiger partial charge on any atom is -0.293 e. The Hall–Kier alpha value is -0.330. The summed E-state index contributed by atoms with van der Waals surface area (Å²) >= 11 is 1.54. The van der Waals surface area contributed by atoms with Crippen molar-refractivity contribution in [3.8, 4) is 0 Å². The van der Waals surface area contributed by atoms with Gasteiger partial charge in [-0.2, -0.15) is 0 Å². The molecule has 0 aliphatic heterocycles. The second-order valence-electron chi connectivity index (χ2n) is 1.29. The molecule has 1 heterocycles. The molecule has 0 aliphatic carbocycles. The van der Waals surface area contributed by atoms with E-state index < -0.39 is 5.76 Å². The average Bonchev–Trinajstić information content (AvgIpc) is 1.98. The minimum atomic E-state index is -0.410. The van der Waals surface area contributed by atoms with Crippen molar-refractivity contribution in [1.82, 2.24) is 7.94 Å². The number of aromatic nitrogens is 2. The fourth-order valence-electron chi connectivity index (χ4n) is 0.311. The third-order valence-electron chi connectivity index (χ3n) is 0.716. The van der Waals surface area contributed by atoms with Crippen LogP contribution in [0.15, 0.2) is 9.32 Å². The van der Waals surface area contributed by atoms with Crippen molar-refractivity contribution in [3.63, 3.8) is 0 Å². The predicted octanol–water partition coefficient (Wildman–Crippen LogP) is -3.81. The van der Waals surface area contributed by atoms with E-state index in [1.807, 2.05) is 0 Å². The fraction of sp³-hybridized carbons (Fsp3) is 0.333. The normalized spacial score (nSPS) is 9.75. The maximum atomic E-state index is 10.4. The van der Waals surface area contributed by atoms with Crippen LogP contribution in [0.3, 0.4) is 0 Å². The molecule has 0 unspecified atom stereocenters. The molecule has 0 aliphatic rings. The van der Waals surface area contributed by atoms with Crippen LogP contribution in [0.4, 0.5) is 0 Å². The molecule has 44 valence electrons. The fourth-order valence-corrected chi connectivity index (χ4v) is 0.502. The van der Waals surface area contributed by atoms with Crippen LogP contribution in [0.1, 0.15) is 5.82 Å². The zero-order valence-corrected chi connectivity index (χ0v) is 6.45. The molecule has 8 heavy (non-hydrogen) atoms. The van der Waals surface area contributed by atoms with Gasteiger partial charge in [-0.25, -0.2) is 4.79 Å². The van der Waals surface area contributed by atoms with E-state index in [0.717, 1.165) is 0 Å². The summed E-state index contributed by atoms with van der Waals surface area (Å²) in [6.45, 7) is 1.70. The quantitative estimate of drug-likeness (QED) is 0.427. The van der Waals surface area contributed by atoms with Gasteiger partial charge in [0.25, 0.3) is 0 Å². The van der Waals surface area contributed by atoms with Gasteiger partial charge in [-0.1, -0.05) is 5.16 Å². The van der Waals surface area contributed by atoms with Crippen LogP contribution in [0, 0.1) is 6.92 Å². The maximum absolute atomic E-state index is 10.4. The van der Waals surface area contributed by atoms with Gasteiger partial charge in [0.2, 0.25) is 0 Å². The number of hydrogen-bond acceptors (Lipinski definition) is 3. The summed E-state index contributed by atoms with van der Waals surface area (Å²) in [5.41, 5.74) is 0. The molecule has 0 amide bonds. The minimum absolute atomic E-state index is 0.410. The molecule has 0 radical (unpaired) electrons. The van der Waals surface area contributed by atoms with E-state index >= 15 is 0 Å². The van der Waals surface area contributed by atoms with Gasteiger partial charge in [0.15, 0.2) is 5.82 Å². The van der Waals surface area contributed by atoms with Crippen LogP contribution >= 0.6 is 0 Å². The van der Waals surface area contributed by atoms with Gasteiger partial charge in [-0.15, -0.1) is 0 Å². The monoisotopic (exact) mass is 227 g/mol. The molecule has 0 fully saturated rings. The molecule has 1 aromatic heterocycles.